The van der Waals surface area contributed by atoms with Gasteiger partial charge >= 0.3 is 0 Å². The van der Waals surface area contributed by atoms with Crippen molar-refractivity contribution < 1.29 is 4.79 Å². The van der Waals surface area contributed by atoms with Crippen LogP contribution in [0.15, 0.2) is 36.4 Å². The van der Waals surface area contributed by atoms with Gasteiger partial charge in [0.25, 0.3) is 0 Å². The van der Waals surface area contributed by atoms with Crippen LogP contribution in [0.5, 0.6) is 0 Å². The Hall–Kier alpha value is -1.60. The Morgan fingerprint density at radius 1 is 0.889 bits per heavy atom. The molecule has 0 radical (unpaired) electrons. The Bertz CT molecular complexity index is 614. The van der Waals surface area contributed by atoms with Crippen LogP contribution >= 0.6 is 11.6 Å². The minimum absolute atomic E-state index is 0.0347. The lowest BCUT2D eigenvalue weighted by Gasteiger charge is -2.09. The third kappa shape index (κ3) is 2.46. The Morgan fingerprint density at radius 2 is 1.61 bits per heavy atom. The van der Waals surface area contributed by atoms with Crippen molar-refractivity contribution in [2.24, 2.45) is 0 Å². The number of aryl methyl sites for hydroxylation is 3. The molecule has 92 valence electrons. The number of benzene rings is 2. The van der Waals surface area contributed by atoms with Crippen LogP contribution in [0.3, 0.4) is 0 Å². The van der Waals surface area contributed by atoms with Gasteiger partial charge in [-0.3, -0.25) is 4.79 Å². The highest BCUT2D eigenvalue weighted by Gasteiger charge is 2.14. The lowest BCUT2D eigenvalue weighted by molar-refractivity contribution is 0.103. The van der Waals surface area contributed by atoms with E-state index in [2.05, 4.69) is 0 Å². The maximum absolute atomic E-state index is 12.5. The standard InChI is InChI=1S/C16H15ClO/c1-10-4-7-14(12(3)8-10)16(18)15-9-13(17)6-5-11(15)2/h4-9H,1-3H3. The van der Waals surface area contributed by atoms with Gasteiger partial charge in [-0.15, -0.1) is 0 Å². The SMILES string of the molecule is Cc1ccc(C(=O)c2cc(Cl)ccc2C)c(C)c1. The highest BCUT2D eigenvalue weighted by molar-refractivity contribution is 6.31. The smallest absolute Gasteiger partial charge is 0.193 e. The maximum Gasteiger partial charge on any atom is 0.193 e. The van der Waals surface area contributed by atoms with Crippen LogP contribution in [0.25, 0.3) is 0 Å². The predicted octanol–water partition coefficient (Wildman–Crippen LogP) is 4.50. The van der Waals surface area contributed by atoms with E-state index in [1.54, 1.807) is 12.1 Å². The molecule has 0 heterocycles. The van der Waals surface area contributed by atoms with Gasteiger partial charge in [0.1, 0.15) is 0 Å². The summed E-state index contributed by atoms with van der Waals surface area (Å²) in [5.74, 6) is 0.0347. The summed E-state index contributed by atoms with van der Waals surface area (Å²) >= 11 is 5.96. The Balaban J connectivity index is 2.51. The van der Waals surface area contributed by atoms with Crippen LogP contribution in [-0.2, 0) is 0 Å². The van der Waals surface area contributed by atoms with Crippen molar-refractivity contribution in [3.05, 3.63) is 69.2 Å². The molecule has 18 heavy (non-hydrogen) atoms. The van der Waals surface area contributed by atoms with Gasteiger partial charge in [-0.25, -0.2) is 0 Å². The van der Waals surface area contributed by atoms with E-state index in [9.17, 15) is 4.79 Å². The van der Waals surface area contributed by atoms with Gasteiger partial charge in [0.15, 0.2) is 5.78 Å². The van der Waals surface area contributed by atoms with E-state index in [0.717, 1.165) is 22.3 Å². The normalized spacial score (nSPS) is 10.4. The molecule has 0 aliphatic heterocycles. The summed E-state index contributed by atoms with van der Waals surface area (Å²) in [4.78, 5) is 12.5. The van der Waals surface area contributed by atoms with Gasteiger partial charge in [0.05, 0.1) is 0 Å². The van der Waals surface area contributed by atoms with Crippen molar-refractivity contribution in [1.82, 2.24) is 0 Å². The molecule has 2 aromatic rings. The molecular formula is C16H15ClO. The van der Waals surface area contributed by atoms with E-state index < -0.39 is 0 Å². The number of carbonyl (C=O) groups excluding carboxylic acids is 1. The van der Waals surface area contributed by atoms with Crippen molar-refractivity contribution in [3.8, 4) is 0 Å². The van der Waals surface area contributed by atoms with E-state index in [0.29, 0.717) is 10.6 Å². The molecule has 0 amide bonds. The first kappa shape index (κ1) is 12.8. The molecule has 0 atom stereocenters. The molecule has 0 saturated heterocycles. The van der Waals surface area contributed by atoms with Gasteiger partial charge in [0, 0.05) is 16.1 Å². The zero-order valence-electron chi connectivity index (χ0n) is 10.8. The van der Waals surface area contributed by atoms with Gasteiger partial charge in [-0.05, 0) is 44.0 Å². The fraction of sp³-hybridized carbons (Fsp3) is 0.188. The number of rotatable bonds is 2. The number of hydrogen-bond donors (Lipinski definition) is 0. The number of carbonyl (C=O) groups is 1. The Morgan fingerprint density at radius 3 is 2.28 bits per heavy atom. The minimum atomic E-state index is 0.0347. The first-order chi connectivity index (χ1) is 8.49. The topological polar surface area (TPSA) is 17.1 Å². The molecule has 0 aromatic heterocycles. The molecule has 0 spiro atoms. The van der Waals surface area contributed by atoms with Gasteiger partial charge in [0.2, 0.25) is 0 Å². The van der Waals surface area contributed by atoms with Crippen LogP contribution < -0.4 is 0 Å². The summed E-state index contributed by atoms with van der Waals surface area (Å²) < 4.78 is 0. The highest BCUT2D eigenvalue weighted by Crippen LogP contribution is 2.21. The fourth-order valence-corrected chi connectivity index (χ4v) is 2.22. The van der Waals surface area contributed by atoms with Crippen LogP contribution in [-0.4, -0.2) is 5.78 Å². The van der Waals surface area contributed by atoms with Crippen molar-refractivity contribution >= 4 is 17.4 Å². The molecule has 0 unspecified atom stereocenters. The molecule has 0 bridgehead atoms. The molecular weight excluding hydrogens is 244 g/mol. The third-order valence-corrected chi connectivity index (χ3v) is 3.31. The molecule has 1 nitrogen and oxygen atoms in total. The van der Waals surface area contributed by atoms with Crippen LogP contribution in [0, 0.1) is 20.8 Å². The summed E-state index contributed by atoms with van der Waals surface area (Å²) in [5.41, 5.74) is 4.52. The molecule has 0 aliphatic rings. The summed E-state index contributed by atoms with van der Waals surface area (Å²) in [6.45, 7) is 5.90. The van der Waals surface area contributed by atoms with E-state index in [4.69, 9.17) is 11.6 Å². The minimum Gasteiger partial charge on any atom is -0.289 e. The summed E-state index contributed by atoms with van der Waals surface area (Å²) in [6, 6.07) is 11.3. The number of halogens is 1. The number of hydrogen-bond acceptors (Lipinski definition) is 1. The molecule has 0 N–H and O–H groups in total. The lowest BCUT2D eigenvalue weighted by Crippen LogP contribution is -2.06. The summed E-state index contributed by atoms with van der Waals surface area (Å²) in [6.07, 6.45) is 0. The van der Waals surface area contributed by atoms with Crippen molar-refractivity contribution in [1.29, 1.82) is 0 Å². The maximum atomic E-state index is 12.5. The quantitative estimate of drug-likeness (QED) is 0.725. The predicted molar refractivity (Wildman–Crippen MR) is 75.5 cm³/mol. The molecule has 0 saturated carbocycles. The zero-order chi connectivity index (χ0) is 13.3. The first-order valence-electron chi connectivity index (χ1n) is 5.87. The van der Waals surface area contributed by atoms with Crippen molar-refractivity contribution in [2.45, 2.75) is 20.8 Å². The van der Waals surface area contributed by atoms with E-state index in [-0.39, 0.29) is 5.78 Å². The van der Waals surface area contributed by atoms with E-state index >= 15 is 0 Å². The van der Waals surface area contributed by atoms with Gasteiger partial charge in [-0.2, -0.15) is 0 Å². The van der Waals surface area contributed by atoms with E-state index in [1.807, 2.05) is 45.0 Å². The van der Waals surface area contributed by atoms with E-state index in [1.165, 1.54) is 0 Å². The second kappa shape index (κ2) is 4.95. The average Bonchev–Trinajstić information content (AvgIpc) is 2.31. The second-order valence-corrected chi connectivity index (χ2v) is 5.04. The molecule has 2 aromatic carbocycles. The Labute approximate surface area is 112 Å². The van der Waals surface area contributed by atoms with Crippen molar-refractivity contribution in [2.75, 3.05) is 0 Å². The first-order valence-corrected chi connectivity index (χ1v) is 6.25. The van der Waals surface area contributed by atoms with Crippen LogP contribution in [0.4, 0.5) is 0 Å². The van der Waals surface area contributed by atoms with Crippen LogP contribution in [0.1, 0.15) is 32.6 Å². The highest BCUT2D eigenvalue weighted by atomic mass is 35.5. The number of ketones is 1. The second-order valence-electron chi connectivity index (χ2n) is 4.61. The average molecular weight is 259 g/mol. The molecule has 2 rings (SSSR count). The molecule has 0 fully saturated rings. The monoisotopic (exact) mass is 258 g/mol. The third-order valence-electron chi connectivity index (χ3n) is 3.07. The molecule has 0 aliphatic carbocycles. The zero-order valence-corrected chi connectivity index (χ0v) is 11.5. The van der Waals surface area contributed by atoms with Crippen LogP contribution in [0.2, 0.25) is 5.02 Å². The van der Waals surface area contributed by atoms with Gasteiger partial charge < -0.3 is 0 Å². The summed E-state index contributed by atoms with van der Waals surface area (Å²) in [5, 5.41) is 0.591. The molecule has 2 heteroatoms. The van der Waals surface area contributed by atoms with Gasteiger partial charge in [-0.1, -0.05) is 41.4 Å². The summed E-state index contributed by atoms with van der Waals surface area (Å²) in [7, 11) is 0. The Kier molecular flexibility index (Phi) is 3.53. The fourth-order valence-electron chi connectivity index (χ4n) is 2.05. The van der Waals surface area contributed by atoms with Crippen molar-refractivity contribution in [3.63, 3.8) is 0 Å². The largest absolute Gasteiger partial charge is 0.289 e. The lowest BCUT2D eigenvalue weighted by atomic mass is 9.95.